The third-order valence-electron chi connectivity index (χ3n) is 3.83. The fourth-order valence-electron chi connectivity index (χ4n) is 2.79. The molecular formula is C15H17Cl2NO3. The van der Waals surface area contributed by atoms with E-state index in [0.717, 1.165) is 6.42 Å². The summed E-state index contributed by atoms with van der Waals surface area (Å²) in [6.45, 7) is 5.52. The number of anilines is 1. The monoisotopic (exact) mass is 329 g/mol. The lowest BCUT2D eigenvalue weighted by atomic mass is 10.1. The molecule has 1 amide bonds. The lowest BCUT2D eigenvalue weighted by molar-refractivity contribution is -0.180. The summed E-state index contributed by atoms with van der Waals surface area (Å²) in [5.74, 6) is -1.17. The van der Waals surface area contributed by atoms with Crippen molar-refractivity contribution in [3.63, 3.8) is 0 Å². The Balaban J connectivity index is 2.11. The molecule has 0 aliphatic carbocycles. The van der Waals surface area contributed by atoms with Gasteiger partial charge in [-0.15, -0.1) is 0 Å². The van der Waals surface area contributed by atoms with Crippen molar-refractivity contribution < 1.29 is 14.3 Å². The molecule has 21 heavy (non-hydrogen) atoms. The second-order valence-electron chi connectivity index (χ2n) is 5.71. The SMILES string of the molecule is CC(C)CCN1C(=O)C2(OCCO2)c2c(Cl)ccc(Cl)c21. The summed E-state index contributed by atoms with van der Waals surface area (Å²) in [6.07, 6.45) is 0.865. The van der Waals surface area contributed by atoms with Crippen LogP contribution in [0.15, 0.2) is 12.1 Å². The van der Waals surface area contributed by atoms with Gasteiger partial charge in [-0.25, -0.2) is 0 Å². The summed E-state index contributed by atoms with van der Waals surface area (Å²) in [5, 5.41) is 0.930. The lowest BCUT2D eigenvalue weighted by Crippen LogP contribution is -2.41. The molecule has 1 fully saturated rings. The maximum absolute atomic E-state index is 12.9. The number of carbonyl (C=O) groups is 1. The molecule has 0 saturated carbocycles. The fraction of sp³-hybridized carbons (Fsp3) is 0.533. The van der Waals surface area contributed by atoms with Gasteiger partial charge in [0.15, 0.2) is 0 Å². The van der Waals surface area contributed by atoms with E-state index in [4.69, 9.17) is 32.7 Å². The van der Waals surface area contributed by atoms with Crippen LogP contribution < -0.4 is 4.90 Å². The molecule has 0 aromatic heterocycles. The van der Waals surface area contributed by atoms with Crippen molar-refractivity contribution in [3.8, 4) is 0 Å². The summed E-state index contributed by atoms with van der Waals surface area (Å²) >= 11 is 12.6. The highest BCUT2D eigenvalue weighted by Gasteiger charge is 2.57. The molecule has 1 saturated heterocycles. The molecule has 0 bridgehead atoms. The number of carbonyl (C=O) groups excluding carboxylic acids is 1. The number of nitrogens with zero attached hydrogens (tertiary/aromatic N) is 1. The lowest BCUT2D eigenvalue weighted by Gasteiger charge is -2.22. The van der Waals surface area contributed by atoms with Crippen molar-refractivity contribution >= 4 is 34.8 Å². The van der Waals surface area contributed by atoms with Gasteiger partial charge in [-0.05, 0) is 24.5 Å². The number of fused-ring (bicyclic) bond motifs is 2. The smallest absolute Gasteiger partial charge is 0.292 e. The minimum Gasteiger partial charge on any atom is -0.336 e. The summed E-state index contributed by atoms with van der Waals surface area (Å²) in [5.41, 5.74) is 1.17. The van der Waals surface area contributed by atoms with Gasteiger partial charge < -0.3 is 14.4 Å². The van der Waals surface area contributed by atoms with E-state index in [1.807, 2.05) is 0 Å². The fourth-order valence-corrected chi connectivity index (χ4v) is 3.32. The number of hydrogen-bond donors (Lipinski definition) is 0. The minimum absolute atomic E-state index is 0.231. The molecule has 0 N–H and O–H groups in total. The first-order chi connectivity index (χ1) is 9.97. The molecule has 2 aliphatic rings. The second kappa shape index (κ2) is 5.43. The van der Waals surface area contributed by atoms with E-state index in [0.29, 0.717) is 47.0 Å². The van der Waals surface area contributed by atoms with Crippen LogP contribution in [-0.4, -0.2) is 25.7 Å². The number of ether oxygens (including phenoxy) is 2. The third kappa shape index (κ3) is 2.25. The summed E-state index contributed by atoms with van der Waals surface area (Å²) in [4.78, 5) is 14.5. The number of rotatable bonds is 3. The molecule has 6 heteroatoms. The Hall–Kier alpha value is -0.810. The van der Waals surface area contributed by atoms with Crippen LogP contribution in [0.2, 0.25) is 10.0 Å². The van der Waals surface area contributed by atoms with Crippen LogP contribution >= 0.6 is 23.2 Å². The van der Waals surface area contributed by atoms with Crippen LogP contribution in [0.4, 0.5) is 5.69 Å². The maximum Gasteiger partial charge on any atom is 0.292 e. The topological polar surface area (TPSA) is 38.8 Å². The standard InChI is InChI=1S/C15H17Cl2NO3/c1-9(2)5-6-18-13-11(17)4-3-10(16)12(13)15(14(18)19)20-7-8-21-15/h3-4,9H,5-8H2,1-2H3. The zero-order chi connectivity index (χ0) is 15.2. The molecule has 2 aliphatic heterocycles. The van der Waals surface area contributed by atoms with Gasteiger partial charge in [0, 0.05) is 6.54 Å². The van der Waals surface area contributed by atoms with Crippen LogP contribution in [-0.2, 0) is 20.1 Å². The Morgan fingerprint density at radius 3 is 2.48 bits per heavy atom. The molecule has 114 valence electrons. The summed E-state index contributed by atoms with van der Waals surface area (Å²) in [6, 6.07) is 3.38. The van der Waals surface area contributed by atoms with E-state index in [2.05, 4.69) is 13.8 Å². The number of hydrogen-bond acceptors (Lipinski definition) is 3. The predicted octanol–water partition coefficient (Wildman–Crippen LogP) is 3.59. The molecular weight excluding hydrogens is 313 g/mol. The Kier molecular flexibility index (Phi) is 3.91. The van der Waals surface area contributed by atoms with Crippen LogP contribution in [0.25, 0.3) is 0 Å². The minimum atomic E-state index is -1.41. The Labute approximate surface area is 133 Å². The van der Waals surface area contributed by atoms with E-state index in [1.165, 1.54) is 0 Å². The Bertz CT molecular complexity index is 583. The highest BCUT2D eigenvalue weighted by atomic mass is 35.5. The average Bonchev–Trinajstić information content (AvgIpc) is 3.00. The van der Waals surface area contributed by atoms with Gasteiger partial charge in [-0.2, -0.15) is 0 Å². The van der Waals surface area contributed by atoms with Crippen molar-refractivity contribution in [2.75, 3.05) is 24.7 Å². The van der Waals surface area contributed by atoms with Crippen molar-refractivity contribution in [1.82, 2.24) is 0 Å². The molecule has 1 aromatic carbocycles. The number of amides is 1. The first-order valence-electron chi connectivity index (χ1n) is 7.05. The highest BCUT2D eigenvalue weighted by molar-refractivity contribution is 6.38. The van der Waals surface area contributed by atoms with E-state index >= 15 is 0 Å². The van der Waals surface area contributed by atoms with Gasteiger partial charge in [0.1, 0.15) is 0 Å². The van der Waals surface area contributed by atoms with Crippen molar-refractivity contribution in [2.45, 2.75) is 26.1 Å². The first-order valence-corrected chi connectivity index (χ1v) is 7.81. The maximum atomic E-state index is 12.9. The average molecular weight is 330 g/mol. The van der Waals surface area contributed by atoms with Gasteiger partial charge in [-0.1, -0.05) is 37.0 Å². The predicted molar refractivity (Wildman–Crippen MR) is 81.9 cm³/mol. The zero-order valence-electron chi connectivity index (χ0n) is 12.0. The van der Waals surface area contributed by atoms with Crippen molar-refractivity contribution in [3.05, 3.63) is 27.7 Å². The van der Waals surface area contributed by atoms with E-state index in [-0.39, 0.29) is 5.91 Å². The second-order valence-corrected chi connectivity index (χ2v) is 6.52. The highest BCUT2D eigenvalue weighted by Crippen LogP contribution is 2.51. The van der Waals surface area contributed by atoms with Crippen LogP contribution in [0.1, 0.15) is 25.8 Å². The number of halogens is 2. The molecule has 0 radical (unpaired) electrons. The first kappa shape index (κ1) is 15.1. The van der Waals surface area contributed by atoms with E-state index < -0.39 is 5.79 Å². The van der Waals surface area contributed by atoms with Gasteiger partial charge in [0.2, 0.25) is 0 Å². The van der Waals surface area contributed by atoms with Gasteiger partial charge >= 0.3 is 0 Å². The molecule has 1 aromatic rings. The van der Waals surface area contributed by atoms with Gasteiger partial charge in [0.05, 0.1) is 34.5 Å². The van der Waals surface area contributed by atoms with Gasteiger partial charge in [0.25, 0.3) is 11.7 Å². The molecule has 1 spiro atoms. The molecule has 2 heterocycles. The third-order valence-corrected chi connectivity index (χ3v) is 4.45. The molecule has 4 nitrogen and oxygen atoms in total. The van der Waals surface area contributed by atoms with E-state index in [9.17, 15) is 4.79 Å². The molecule has 3 rings (SSSR count). The number of benzene rings is 1. The van der Waals surface area contributed by atoms with Crippen LogP contribution in [0, 0.1) is 5.92 Å². The Morgan fingerprint density at radius 1 is 1.24 bits per heavy atom. The van der Waals surface area contributed by atoms with E-state index in [1.54, 1.807) is 17.0 Å². The molecule has 0 atom stereocenters. The van der Waals surface area contributed by atoms with Crippen molar-refractivity contribution in [2.24, 2.45) is 5.92 Å². The van der Waals surface area contributed by atoms with Crippen molar-refractivity contribution in [1.29, 1.82) is 0 Å². The zero-order valence-corrected chi connectivity index (χ0v) is 13.5. The summed E-state index contributed by atoms with van der Waals surface area (Å²) < 4.78 is 11.3. The normalized spacial score (nSPS) is 19.9. The van der Waals surface area contributed by atoms with Crippen LogP contribution in [0.3, 0.4) is 0 Å². The molecule has 0 unspecified atom stereocenters. The van der Waals surface area contributed by atoms with Crippen LogP contribution in [0.5, 0.6) is 0 Å². The Morgan fingerprint density at radius 2 is 1.86 bits per heavy atom. The largest absolute Gasteiger partial charge is 0.336 e. The quantitative estimate of drug-likeness (QED) is 0.850. The van der Waals surface area contributed by atoms with Gasteiger partial charge in [-0.3, -0.25) is 4.79 Å². The summed E-state index contributed by atoms with van der Waals surface area (Å²) in [7, 11) is 0.